The third-order valence-electron chi connectivity index (χ3n) is 4.29. The van der Waals surface area contributed by atoms with Gasteiger partial charge in [-0.3, -0.25) is 0 Å². The standard InChI is InChI=1S/C15H19NO4/c17-12-7-6-11-8-16(13(11)14(12)18)15(19)20-9-10-4-2-1-3-5-10/h1-5,11-14,17-18H,6-9H2/t11-,12-,13+,14-/m1/s1. The summed E-state index contributed by atoms with van der Waals surface area (Å²) in [6.45, 7) is 0.842. The molecule has 0 bridgehead atoms. The molecule has 1 aromatic carbocycles. The Labute approximate surface area is 117 Å². The van der Waals surface area contributed by atoms with Crippen LogP contribution in [0.2, 0.25) is 0 Å². The molecule has 2 fully saturated rings. The SMILES string of the molecule is O=C(OCc1ccccc1)N1C[C@H]2CC[C@@H](O)[C@@H](O)[C@H]21. The second kappa shape index (κ2) is 5.42. The van der Waals surface area contributed by atoms with E-state index < -0.39 is 18.3 Å². The van der Waals surface area contributed by atoms with E-state index in [9.17, 15) is 15.0 Å². The molecule has 1 saturated heterocycles. The highest BCUT2D eigenvalue weighted by Gasteiger charge is 2.51. The molecule has 0 spiro atoms. The van der Waals surface area contributed by atoms with Crippen LogP contribution in [0.3, 0.4) is 0 Å². The number of aliphatic hydroxyl groups is 2. The van der Waals surface area contributed by atoms with E-state index in [1.807, 2.05) is 30.3 Å². The number of ether oxygens (including phenoxy) is 1. The number of hydrogen-bond donors (Lipinski definition) is 2. The van der Waals surface area contributed by atoms with Crippen molar-refractivity contribution < 1.29 is 19.7 Å². The summed E-state index contributed by atoms with van der Waals surface area (Å²) in [5, 5.41) is 19.7. The lowest BCUT2D eigenvalue weighted by Gasteiger charge is -2.53. The van der Waals surface area contributed by atoms with E-state index in [4.69, 9.17) is 4.74 Å². The predicted molar refractivity (Wildman–Crippen MR) is 71.9 cm³/mol. The summed E-state index contributed by atoms with van der Waals surface area (Å²) in [4.78, 5) is 13.5. The average Bonchev–Trinajstić information content (AvgIpc) is 2.43. The van der Waals surface area contributed by atoms with E-state index in [1.165, 1.54) is 4.90 Å². The van der Waals surface area contributed by atoms with Crippen molar-refractivity contribution in [2.75, 3.05) is 6.54 Å². The summed E-state index contributed by atoms with van der Waals surface area (Å²) >= 11 is 0. The molecule has 20 heavy (non-hydrogen) atoms. The number of carbonyl (C=O) groups is 1. The smallest absolute Gasteiger partial charge is 0.410 e. The molecule has 1 aromatic rings. The van der Waals surface area contributed by atoms with Gasteiger partial charge in [0.05, 0.1) is 12.1 Å². The van der Waals surface area contributed by atoms with Crippen molar-refractivity contribution in [1.82, 2.24) is 4.90 Å². The molecule has 2 aliphatic rings. The molecule has 0 aromatic heterocycles. The Morgan fingerprint density at radius 2 is 2.00 bits per heavy atom. The second-order valence-corrected chi connectivity index (χ2v) is 5.58. The number of benzene rings is 1. The Hall–Kier alpha value is -1.59. The molecule has 2 N–H and O–H groups in total. The van der Waals surface area contributed by atoms with Crippen molar-refractivity contribution in [3.05, 3.63) is 35.9 Å². The summed E-state index contributed by atoms with van der Waals surface area (Å²) in [7, 11) is 0. The molecule has 1 aliphatic heterocycles. The quantitative estimate of drug-likeness (QED) is 0.850. The minimum absolute atomic E-state index is 0.228. The predicted octanol–water partition coefficient (Wildman–Crippen LogP) is 1.14. The molecule has 0 unspecified atom stereocenters. The van der Waals surface area contributed by atoms with Gasteiger partial charge in [-0.2, -0.15) is 0 Å². The number of carbonyl (C=O) groups excluding carboxylic acids is 1. The van der Waals surface area contributed by atoms with Crippen molar-refractivity contribution in [2.24, 2.45) is 5.92 Å². The first-order valence-electron chi connectivity index (χ1n) is 7.00. The van der Waals surface area contributed by atoms with Gasteiger partial charge >= 0.3 is 6.09 Å². The molecule has 108 valence electrons. The molecule has 1 amide bonds. The maximum atomic E-state index is 12.0. The van der Waals surface area contributed by atoms with Gasteiger partial charge in [-0.05, 0) is 24.3 Å². The van der Waals surface area contributed by atoms with Gasteiger partial charge in [0.1, 0.15) is 12.7 Å². The van der Waals surface area contributed by atoms with Crippen LogP contribution in [0.1, 0.15) is 18.4 Å². The lowest BCUT2D eigenvalue weighted by Crippen LogP contribution is -2.67. The number of amides is 1. The van der Waals surface area contributed by atoms with Crippen molar-refractivity contribution in [3.63, 3.8) is 0 Å². The topological polar surface area (TPSA) is 70.0 Å². The molecule has 5 heteroatoms. The molecular weight excluding hydrogens is 258 g/mol. The summed E-state index contributed by atoms with van der Waals surface area (Å²) in [6.07, 6.45) is -0.545. The van der Waals surface area contributed by atoms with E-state index in [1.54, 1.807) is 0 Å². The third kappa shape index (κ3) is 2.39. The van der Waals surface area contributed by atoms with Gasteiger partial charge in [0.25, 0.3) is 0 Å². The Kier molecular flexibility index (Phi) is 3.63. The molecule has 0 radical (unpaired) electrons. The normalized spacial score (nSPS) is 32.2. The lowest BCUT2D eigenvalue weighted by atomic mass is 9.74. The van der Waals surface area contributed by atoms with Gasteiger partial charge < -0.3 is 19.8 Å². The van der Waals surface area contributed by atoms with Crippen molar-refractivity contribution in [3.8, 4) is 0 Å². The van der Waals surface area contributed by atoms with Crippen LogP contribution in [-0.2, 0) is 11.3 Å². The second-order valence-electron chi connectivity index (χ2n) is 5.58. The zero-order valence-electron chi connectivity index (χ0n) is 11.2. The molecule has 1 aliphatic carbocycles. The van der Waals surface area contributed by atoms with E-state index >= 15 is 0 Å². The fourth-order valence-corrected chi connectivity index (χ4v) is 3.11. The summed E-state index contributed by atoms with van der Waals surface area (Å²) < 4.78 is 5.26. The van der Waals surface area contributed by atoms with Crippen molar-refractivity contribution in [1.29, 1.82) is 0 Å². The van der Waals surface area contributed by atoms with Gasteiger partial charge in [-0.1, -0.05) is 30.3 Å². The van der Waals surface area contributed by atoms with Gasteiger partial charge in [0.15, 0.2) is 0 Å². The minimum atomic E-state index is -0.855. The number of nitrogens with zero attached hydrogens (tertiary/aromatic N) is 1. The molecule has 1 saturated carbocycles. The fraction of sp³-hybridized carbons (Fsp3) is 0.533. The summed E-state index contributed by atoms with van der Waals surface area (Å²) in [5.41, 5.74) is 0.933. The van der Waals surface area contributed by atoms with Crippen LogP contribution in [0.15, 0.2) is 30.3 Å². The third-order valence-corrected chi connectivity index (χ3v) is 4.29. The Bertz CT molecular complexity index is 478. The van der Waals surface area contributed by atoms with Gasteiger partial charge in [0, 0.05) is 6.54 Å². The van der Waals surface area contributed by atoms with Crippen LogP contribution < -0.4 is 0 Å². The maximum Gasteiger partial charge on any atom is 0.410 e. The molecular formula is C15H19NO4. The van der Waals surface area contributed by atoms with Crippen LogP contribution in [0.4, 0.5) is 4.79 Å². The van der Waals surface area contributed by atoms with Crippen molar-refractivity contribution in [2.45, 2.75) is 37.7 Å². The van der Waals surface area contributed by atoms with Gasteiger partial charge in [-0.25, -0.2) is 4.79 Å². The maximum absolute atomic E-state index is 12.0. The number of aliphatic hydroxyl groups excluding tert-OH is 2. The fourth-order valence-electron chi connectivity index (χ4n) is 3.11. The lowest BCUT2D eigenvalue weighted by molar-refractivity contribution is -0.131. The highest BCUT2D eigenvalue weighted by molar-refractivity contribution is 5.69. The zero-order chi connectivity index (χ0) is 14.1. The Morgan fingerprint density at radius 3 is 2.75 bits per heavy atom. The number of rotatable bonds is 2. The van der Waals surface area contributed by atoms with Crippen LogP contribution >= 0.6 is 0 Å². The summed E-state index contributed by atoms with van der Waals surface area (Å²) in [5.74, 6) is 0.290. The van der Waals surface area contributed by atoms with E-state index in [0.717, 1.165) is 12.0 Å². The average molecular weight is 277 g/mol. The first-order valence-corrected chi connectivity index (χ1v) is 7.00. The Morgan fingerprint density at radius 1 is 1.25 bits per heavy atom. The molecule has 5 nitrogen and oxygen atoms in total. The van der Waals surface area contributed by atoms with Gasteiger partial charge in [0.2, 0.25) is 0 Å². The first kappa shape index (κ1) is 13.4. The highest BCUT2D eigenvalue weighted by atomic mass is 16.6. The van der Waals surface area contributed by atoms with Crippen LogP contribution in [0, 0.1) is 5.92 Å². The number of hydrogen-bond acceptors (Lipinski definition) is 4. The molecule has 4 atom stereocenters. The van der Waals surface area contributed by atoms with Crippen molar-refractivity contribution >= 4 is 6.09 Å². The monoisotopic (exact) mass is 277 g/mol. The highest BCUT2D eigenvalue weighted by Crippen LogP contribution is 2.37. The largest absolute Gasteiger partial charge is 0.445 e. The first-order chi connectivity index (χ1) is 9.66. The minimum Gasteiger partial charge on any atom is -0.445 e. The van der Waals surface area contributed by atoms with Gasteiger partial charge in [-0.15, -0.1) is 0 Å². The van der Waals surface area contributed by atoms with E-state index in [-0.39, 0.29) is 18.6 Å². The van der Waals surface area contributed by atoms with Crippen LogP contribution in [-0.4, -0.2) is 46.0 Å². The zero-order valence-corrected chi connectivity index (χ0v) is 11.2. The van der Waals surface area contributed by atoms with E-state index in [2.05, 4.69) is 0 Å². The van der Waals surface area contributed by atoms with Crippen LogP contribution in [0.25, 0.3) is 0 Å². The number of likely N-dealkylation sites (tertiary alicyclic amines) is 1. The van der Waals surface area contributed by atoms with Crippen LogP contribution in [0.5, 0.6) is 0 Å². The number of fused-ring (bicyclic) bond motifs is 1. The summed E-state index contributed by atoms with van der Waals surface area (Å²) in [6, 6.07) is 9.19. The molecule has 1 heterocycles. The Balaban J connectivity index is 1.56. The molecule has 3 rings (SSSR count). The van der Waals surface area contributed by atoms with E-state index in [0.29, 0.717) is 13.0 Å².